The van der Waals surface area contributed by atoms with Crippen molar-refractivity contribution >= 4 is 29.2 Å². The van der Waals surface area contributed by atoms with Crippen LogP contribution in [0.15, 0.2) is 42.9 Å². The van der Waals surface area contributed by atoms with Crippen molar-refractivity contribution in [3.05, 3.63) is 53.7 Å². The van der Waals surface area contributed by atoms with E-state index in [0.717, 1.165) is 30.4 Å². The number of methoxy groups -OCH3 is 1. The monoisotopic (exact) mass is 416 g/mol. The number of benzene rings is 1. The van der Waals surface area contributed by atoms with Crippen LogP contribution in [0.4, 0.5) is 10.2 Å². The highest BCUT2D eigenvalue weighted by molar-refractivity contribution is 7.99. The fraction of sp³-hybridized carbons (Fsp3) is 0.250. The van der Waals surface area contributed by atoms with Crippen LogP contribution in [-0.2, 0) is 0 Å². The van der Waals surface area contributed by atoms with Crippen LogP contribution in [0.25, 0.3) is 22.5 Å². The predicted molar refractivity (Wildman–Crippen MR) is 112 cm³/mol. The van der Waals surface area contributed by atoms with Gasteiger partial charge in [-0.3, -0.25) is 4.98 Å². The van der Waals surface area contributed by atoms with Gasteiger partial charge in [-0.15, -0.1) is 0 Å². The van der Waals surface area contributed by atoms with Gasteiger partial charge in [0, 0.05) is 54.2 Å². The molecule has 144 valence electrons. The minimum Gasteiger partial charge on any atom is -0.497 e. The molecule has 0 unspecified atom stereocenters. The first-order valence-corrected chi connectivity index (χ1v) is 10.3. The van der Waals surface area contributed by atoms with Gasteiger partial charge in [0.15, 0.2) is 0 Å². The van der Waals surface area contributed by atoms with Crippen LogP contribution in [0.3, 0.4) is 0 Å². The highest BCUT2D eigenvalue weighted by atomic mass is 35.5. The summed E-state index contributed by atoms with van der Waals surface area (Å²) < 4.78 is 19.9. The maximum Gasteiger partial charge on any atom is 0.147 e. The predicted octanol–water partition coefficient (Wildman–Crippen LogP) is 4.56. The van der Waals surface area contributed by atoms with Crippen LogP contribution < -0.4 is 9.64 Å². The van der Waals surface area contributed by atoms with Gasteiger partial charge < -0.3 is 9.64 Å². The number of nitrogens with zero attached hydrogens (tertiary/aromatic N) is 4. The molecule has 1 aromatic carbocycles. The van der Waals surface area contributed by atoms with Gasteiger partial charge in [0.05, 0.1) is 24.0 Å². The lowest BCUT2D eigenvalue weighted by molar-refractivity contribution is 0.411. The van der Waals surface area contributed by atoms with Crippen LogP contribution >= 0.6 is 23.4 Å². The third-order valence-electron chi connectivity index (χ3n) is 4.55. The van der Waals surface area contributed by atoms with Crippen LogP contribution in [0.1, 0.15) is 0 Å². The van der Waals surface area contributed by atoms with Crippen LogP contribution in [0.5, 0.6) is 5.75 Å². The zero-order valence-electron chi connectivity index (χ0n) is 15.2. The summed E-state index contributed by atoms with van der Waals surface area (Å²) in [7, 11) is 1.50. The second-order valence-electron chi connectivity index (χ2n) is 6.23. The van der Waals surface area contributed by atoms with Crippen LogP contribution in [-0.4, -0.2) is 46.7 Å². The highest BCUT2D eigenvalue weighted by Gasteiger charge is 2.20. The zero-order valence-corrected chi connectivity index (χ0v) is 16.8. The number of hydrogen-bond acceptors (Lipinski definition) is 6. The molecular formula is C20H18ClFN4OS. The van der Waals surface area contributed by atoms with Crippen molar-refractivity contribution in [1.82, 2.24) is 15.0 Å². The van der Waals surface area contributed by atoms with Gasteiger partial charge in [0.25, 0.3) is 0 Å². The number of ether oxygens (including phenoxy) is 1. The smallest absolute Gasteiger partial charge is 0.147 e. The third kappa shape index (κ3) is 3.77. The molecule has 4 rings (SSSR count). The van der Waals surface area contributed by atoms with Crippen molar-refractivity contribution in [3.8, 4) is 28.3 Å². The Morgan fingerprint density at radius 1 is 1.11 bits per heavy atom. The lowest BCUT2D eigenvalue weighted by Gasteiger charge is -2.27. The number of anilines is 1. The molecule has 1 saturated heterocycles. The van der Waals surface area contributed by atoms with Gasteiger partial charge in [0.1, 0.15) is 23.1 Å². The molecule has 1 fully saturated rings. The van der Waals surface area contributed by atoms with E-state index in [-0.39, 0.29) is 0 Å². The fourth-order valence-corrected chi connectivity index (χ4v) is 4.20. The number of pyridine rings is 1. The normalized spacial score (nSPS) is 14.2. The number of halogens is 2. The lowest BCUT2D eigenvalue weighted by Crippen LogP contribution is -2.33. The van der Waals surface area contributed by atoms with Crippen molar-refractivity contribution in [3.63, 3.8) is 0 Å². The second-order valence-corrected chi connectivity index (χ2v) is 7.86. The molecule has 1 aliphatic heterocycles. The van der Waals surface area contributed by atoms with E-state index < -0.39 is 5.82 Å². The molecule has 0 radical (unpaired) electrons. The second kappa shape index (κ2) is 8.32. The average Bonchev–Trinajstić information content (AvgIpc) is 2.74. The zero-order chi connectivity index (χ0) is 19.5. The van der Waals surface area contributed by atoms with E-state index >= 15 is 0 Å². The molecule has 0 amide bonds. The van der Waals surface area contributed by atoms with E-state index in [1.165, 1.54) is 13.2 Å². The largest absolute Gasteiger partial charge is 0.497 e. The molecule has 28 heavy (non-hydrogen) atoms. The van der Waals surface area contributed by atoms with Gasteiger partial charge in [-0.05, 0) is 18.2 Å². The van der Waals surface area contributed by atoms with Crippen molar-refractivity contribution in [1.29, 1.82) is 0 Å². The van der Waals surface area contributed by atoms with E-state index in [1.54, 1.807) is 36.8 Å². The molecule has 0 aliphatic carbocycles. The van der Waals surface area contributed by atoms with E-state index in [4.69, 9.17) is 21.3 Å². The first kappa shape index (κ1) is 19.0. The molecule has 0 N–H and O–H groups in total. The Bertz CT molecular complexity index is 998. The van der Waals surface area contributed by atoms with Crippen molar-refractivity contribution in [2.24, 2.45) is 0 Å². The van der Waals surface area contributed by atoms with Gasteiger partial charge in [-0.2, -0.15) is 11.8 Å². The summed E-state index contributed by atoms with van der Waals surface area (Å²) in [4.78, 5) is 15.7. The summed E-state index contributed by atoms with van der Waals surface area (Å²) in [6, 6.07) is 6.46. The number of rotatable bonds is 4. The number of hydrogen-bond donors (Lipinski definition) is 0. The molecule has 0 saturated carbocycles. The standard InChI is InChI=1S/C20H18ClFN4OS/c1-27-13-2-3-15(17(22)10-13)19-20(14-4-5-23-11-16(14)21)25-18(12-24-19)26-6-8-28-9-7-26/h2-5,10-12H,6-9H2,1H3. The summed E-state index contributed by atoms with van der Waals surface area (Å²) in [5.41, 5.74) is 1.98. The number of aromatic nitrogens is 3. The van der Waals surface area contributed by atoms with Crippen molar-refractivity contribution in [2.75, 3.05) is 36.6 Å². The molecule has 0 bridgehead atoms. The summed E-state index contributed by atoms with van der Waals surface area (Å²) in [5.74, 6) is 2.87. The molecule has 0 spiro atoms. The van der Waals surface area contributed by atoms with E-state index in [2.05, 4.69) is 14.9 Å². The SMILES string of the molecule is COc1ccc(-c2ncc(N3CCSCC3)nc2-c2ccncc2Cl)c(F)c1. The minimum absolute atomic E-state index is 0.344. The van der Waals surface area contributed by atoms with Gasteiger partial charge in [0.2, 0.25) is 0 Å². The van der Waals surface area contributed by atoms with E-state index in [1.807, 2.05) is 11.8 Å². The molecular weight excluding hydrogens is 399 g/mol. The molecule has 2 aromatic heterocycles. The maximum absolute atomic E-state index is 14.8. The molecule has 1 aliphatic rings. The minimum atomic E-state index is -0.429. The Kier molecular flexibility index (Phi) is 5.64. The molecule has 3 heterocycles. The Labute approximate surface area is 171 Å². The number of thioether (sulfide) groups is 1. The molecule has 0 atom stereocenters. The fourth-order valence-electron chi connectivity index (χ4n) is 3.09. The van der Waals surface area contributed by atoms with Crippen LogP contribution in [0, 0.1) is 5.82 Å². The Balaban J connectivity index is 1.87. The Hall–Kier alpha value is -2.38. The summed E-state index contributed by atoms with van der Waals surface area (Å²) in [5, 5.41) is 0.443. The highest BCUT2D eigenvalue weighted by Crippen LogP contribution is 2.36. The maximum atomic E-state index is 14.8. The third-order valence-corrected chi connectivity index (χ3v) is 5.80. The first-order chi connectivity index (χ1) is 13.7. The van der Waals surface area contributed by atoms with Gasteiger partial charge in [-0.1, -0.05) is 11.6 Å². The topological polar surface area (TPSA) is 51.1 Å². The summed E-state index contributed by atoms with van der Waals surface area (Å²) >= 11 is 8.30. The summed E-state index contributed by atoms with van der Waals surface area (Å²) in [6.45, 7) is 1.80. The lowest BCUT2D eigenvalue weighted by atomic mass is 10.0. The molecule has 3 aromatic rings. The molecule has 5 nitrogen and oxygen atoms in total. The van der Waals surface area contributed by atoms with Crippen molar-refractivity contribution < 1.29 is 9.13 Å². The quantitative estimate of drug-likeness (QED) is 0.621. The van der Waals surface area contributed by atoms with Crippen LogP contribution in [0.2, 0.25) is 5.02 Å². The summed E-state index contributed by atoms with van der Waals surface area (Å²) in [6.07, 6.45) is 4.89. The Morgan fingerprint density at radius 2 is 1.93 bits per heavy atom. The van der Waals surface area contributed by atoms with E-state index in [9.17, 15) is 4.39 Å². The van der Waals surface area contributed by atoms with Crippen molar-refractivity contribution in [2.45, 2.75) is 0 Å². The first-order valence-electron chi connectivity index (χ1n) is 8.81. The van der Waals surface area contributed by atoms with Gasteiger partial charge in [-0.25, -0.2) is 14.4 Å². The molecule has 8 heteroatoms. The van der Waals surface area contributed by atoms with E-state index in [0.29, 0.717) is 33.3 Å². The van der Waals surface area contributed by atoms with Gasteiger partial charge >= 0.3 is 0 Å². The Morgan fingerprint density at radius 3 is 2.64 bits per heavy atom. The average molecular weight is 417 g/mol.